The average Bonchev–Trinajstić information content (AvgIpc) is 2.38. The van der Waals surface area contributed by atoms with Gasteiger partial charge in [0.2, 0.25) is 0 Å². The Labute approximate surface area is 119 Å². The van der Waals surface area contributed by atoms with Crippen molar-refractivity contribution in [1.29, 1.82) is 0 Å². The minimum Gasteiger partial charge on any atom is -0.486 e. The van der Waals surface area contributed by atoms with Crippen molar-refractivity contribution in [3.05, 3.63) is 28.8 Å². The van der Waals surface area contributed by atoms with Crippen molar-refractivity contribution < 1.29 is 14.6 Å². The number of ether oxygens (including phenoxy) is 2. The van der Waals surface area contributed by atoms with Crippen LogP contribution in [0.5, 0.6) is 5.75 Å². The van der Waals surface area contributed by atoms with Crippen LogP contribution >= 0.6 is 11.6 Å². The molecule has 2 unspecified atom stereocenters. The van der Waals surface area contributed by atoms with Gasteiger partial charge in [-0.1, -0.05) is 23.7 Å². The Morgan fingerprint density at radius 1 is 1.37 bits per heavy atom. The van der Waals surface area contributed by atoms with Crippen LogP contribution in [0.1, 0.15) is 19.4 Å². The van der Waals surface area contributed by atoms with Crippen LogP contribution < -0.4 is 10.1 Å². The molecule has 0 radical (unpaired) electrons. The van der Waals surface area contributed by atoms with E-state index < -0.39 is 6.10 Å². The Hall–Kier alpha value is -0.810. The smallest absolute Gasteiger partial charge is 0.142 e. The maximum atomic E-state index is 9.51. The third kappa shape index (κ3) is 5.37. The van der Waals surface area contributed by atoms with Crippen molar-refractivity contribution in [1.82, 2.24) is 5.32 Å². The van der Waals surface area contributed by atoms with Crippen LogP contribution in [0, 0.1) is 0 Å². The maximum absolute atomic E-state index is 9.51. The normalized spacial score (nSPS) is 14.2. The van der Waals surface area contributed by atoms with E-state index in [9.17, 15) is 5.11 Å². The molecule has 0 aliphatic heterocycles. The number of halogens is 1. The van der Waals surface area contributed by atoms with E-state index in [1.165, 1.54) is 0 Å². The summed E-state index contributed by atoms with van der Waals surface area (Å²) in [7, 11) is 1.67. The third-order valence-corrected chi connectivity index (χ3v) is 3.13. The van der Waals surface area contributed by atoms with Gasteiger partial charge in [0.15, 0.2) is 0 Å². The third-order valence-electron chi connectivity index (χ3n) is 2.83. The zero-order valence-corrected chi connectivity index (χ0v) is 12.4. The molecule has 2 N–H and O–H groups in total. The minimum atomic E-state index is -0.550. The van der Waals surface area contributed by atoms with Crippen LogP contribution in [0.2, 0.25) is 5.02 Å². The molecule has 1 rings (SSSR count). The first-order valence-electron chi connectivity index (χ1n) is 6.38. The molecule has 108 valence electrons. The minimum absolute atomic E-state index is 0.308. The molecule has 0 aliphatic rings. The molecule has 5 heteroatoms. The highest BCUT2D eigenvalue weighted by molar-refractivity contribution is 6.32. The number of hydrogen-bond donors (Lipinski definition) is 2. The Morgan fingerprint density at radius 2 is 2.11 bits per heavy atom. The lowest BCUT2D eigenvalue weighted by Crippen LogP contribution is -2.27. The molecule has 0 saturated carbocycles. The Morgan fingerprint density at radius 3 is 2.74 bits per heavy atom. The molecular weight excluding hydrogens is 266 g/mol. The van der Waals surface area contributed by atoms with Crippen molar-refractivity contribution in [2.24, 2.45) is 0 Å². The summed E-state index contributed by atoms with van der Waals surface area (Å²) in [6.45, 7) is 5.56. The predicted octanol–water partition coefficient (Wildman–Crippen LogP) is 2.22. The number of aliphatic hydroxyl groups excluding tert-OH is 1. The maximum Gasteiger partial charge on any atom is 0.142 e. The van der Waals surface area contributed by atoms with E-state index in [2.05, 4.69) is 5.32 Å². The van der Waals surface area contributed by atoms with E-state index in [4.69, 9.17) is 21.1 Å². The summed E-state index contributed by atoms with van der Waals surface area (Å²) in [5.41, 5.74) is 0.969. The van der Waals surface area contributed by atoms with Crippen LogP contribution in [0.3, 0.4) is 0 Å². The Bertz CT molecular complexity index is 385. The molecule has 0 aliphatic carbocycles. The van der Waals surface area contributed by atoms with Crippen molar-refractivity contribution in [2.75, 3.05) is 20.3 Å². The topological polar surface area (TPSA) is 50.7 Å². The largest absolute Gasteiger partial charge is 0.486 e. The van der Waals surface area contributed by atoms with Gasteiger partial charge in [-0.05, 0) is 19.9 Å². The standard InChI is InChI=1S/C14H22ClNO3/c1-10(17)11(2)19-14-12(5-4-6-13(14)15)9-16-7-8-18-3/h4-6,10-11,16-17H,7-9H2,1-3H3. The first-order valence-corrected chi connectivity index (χ1v) is 6.75. The van der Waals surface area contributed by atoms with E-state index in [1.54, 1.807) is 20.1 Å². The molecular formula is C14H22ClNO3. The Balaban J connectivity index is 2.71. The highest BCUT2D eigenvalue weighted by Gasteiger charge is 2.15. The lowest BCUT2D eigenvalue weighted by atomic mass is 10.2. The summed E-state index contributed by atoms with van der Waals surface area (Å²) in [6.07, 6.45) is -0.858. The second-order valence-corrected chi connectivity index (χ2v) is 4.87. The highest BCUT2D eigenvalue weighted by Crippen LogP contribution is 2.30. The van der Waals surface area contributed by atoms with Crippen LogP contribution in [0.25, 0.3) is 0 Å². The average molecular weight is 288 g/mol. The van der Waals surface area contributed by atoms with Gasteiger partial charge in [-0.2, -0.15) is 0 Å². The van der Waals surface area contributed by atoms with Gasteiger partial charge in [0, 0.05) is 25.8 Å². The SMILES string of the molecule is COCCNCc1cccc(Cl)c1OC(C)C(C)O. The van der Waals surface area contributed by atoms with Crippen LogP contribution in [-0.2, 0) is 11.3 Å². The lowest BCUT2D eigenvalue weighted by Gasteiger charge is -2.20. The summed E-state index contributed by atoms with van der Waals surface area (Å²) in [5, 5.41) is 13.3. The molecule has 19 heavy (non-hydrogen) atoms. The molecule has 0 saturated heterocycles. The fraction of sp³-hybridized carbons (Fsp3) is 0.571. The molecule has 0 aromatic heterocycles. The van der Waals surface area contributed by atoms with E-state index in [1.807, 2.05) is 19.1 Å². The quantitative estimate of drug-likeness (QED) is 0.720. The van der Waals surface area contributed by atoms with E-state index in [0.29, 0.717) is 23.9 Å². The molecule has 1 aromatic carbocycles. The van der Waals surface area contributed by atoms with Gasteiger partial charge in [0.25, 0.3) is 0 Å². The molecule has 0 heterocycles. The second kappa shape index (κ2) is 8.38. The molecule has 0 bridgehead atoms. The number of methoxy groups -OCH3 is 1. The molecule has 1 aromatic rings. The van der Waals surface area contributed by atoms with E-state index >= 15 is 0 Å². The van der Waals surface area contributed by atoms with Gasteiger partial charge < -0.3 is 19.9 Å². The van der Waals surface area contributed by atoms with Crippen LogP contribution in [0.4, 0.5) is 0 Å². The first kappa shape index (κ1) is 16.2. The first-order chi connectivity index (χ1) is 9.06. The summed E-state index contributed by atoms with van der Waals surface area (Å²) in [5.74, 6) is 0.627. The number of benzene rings is 1. The fourth-order valence-corrected chi connectivity index (χ4v) is 1.74. The summed E-state index contributed by atoms with van der Waals surface area (Å²) in [4.78, 5) is 0. The summed E-state index contributed by atoms with van der Waals surface area (Å²) in [6, 6.07) is 5.62. The highest BCUT2D eigenvalue weighted by atomic mass is 35.5. The van der Waals surface area contributed by atoms with E-state index in [-0.39, 0.29) is 6.10 Å². The summed E-state index contributed by atoms with van der Waals surface area (Å²) < 4.78 is 10.7. The Kier molecular flexibility index (Phi) is 7.16. The monoisotopic (exact) mass is 287 g/mol. The van der Waals surface area contributed by atoms with E-state index in [0.717, 1.165) is 12.1 Å². The number of rotatable bonds is 8. The lowest BCUT2D eigenvalue weighted by molar-refractivity contribution is 0.0598. The summed E-state index contributed by atoms with van der Waals surface area (Å²) >= 11 is 6.16. The zero-order valence-electron chi connectivity index (χ0n) is 11.6. The van der Waals surface area contributed by atoms with Gasteiger partial charge in [0.05, 0.1) is 17.7 Å². The second-order valence-electron chi connectivity index (χ2n) is 4.46. The predicted molar refractivity (Wildman–Crippen MR) is 76.8 cm³/mol. The van der Waals surface area contributed by atoms with Crippen molar-refractivity contribution in [2.45, 2.75) is 32.6 Å². The van der Waals surface area contributed by atoms with Gasteiger partial charge in [-0.25, -0.2) is 0 Å². The zero-order chi connectivity index (χ0) is 14.3. The van der Waals surface area contributed by atoms with Gasteiger partial charge >= 0.3 is 0 Å². The van der Waals surface area contributed by atoms with Crippen molar-refractivity contribution in [3.63, 3.8) is 0 Å². The van der Waals surface area contributed by atoms with Gasteiger partial charge in [0.1, 0.15) is 11.9 Å². The number of aliphatic hydroxyl groups is 1. The molecule has 0 amide bonds. The molecule has 2 atom stereocenters. The van der Waals surface area contributed by atoms with Crippen LogP contribution in [0.15, 0.2) is 18.2 Å². The van der Waals surface area contributed by atoms with Crippen molar-refractivity contribution in [3.8, 4) is 5.75 Å². The van der Waals surface area contributed by atoms with Gasteiger partial charge in [-0.3, -0.25) is 0 Å². The molecule has 4 nitrogen and oxygen atoms in total. The molecule has 0 fully saturated rings. The number of nitrogens with one attached hydrogen (secondary N) is 1. The molecule has 0 spiro atoms. The van der Waals surface area contributed by atoms with Crippen LogP contribution in [-0.4, -0.2) is 37.6 Å². The van der Waals surface area contributed by atoms with Gasteiger partial charge in [-0.15, -0.1) is 0 Å². The number of para-hydroxylation sites is 1. The van der Waals surface area contributed by atoms with Crippen molar-refractivity contribution >= 4 is 11.6 Å². The number of hydrogen-bond acceptors (Lipinski definition) is 4. The fourth-order valence-electron chi connectivity index (χ4n) is 1.51.